The van der Waals surface area contributed by atoms with Crippen LogP contribution in [0.15, 0.2) is 48.5 Å². The molecule has 6 nitrogen and oxygen atoms in total. The van der Waals surface area contributed by atoms with Gasteiger partial charge in [0.05, 0.1) is 0 Å². The van der Waals surface area contributed by atoms with E-state index in [1.54, 1.807) is 0 Å². The fourth-order valence-corrected chi connectivity index (χ4v) is 4.25. The fourth-order valence-electron chi connectivity index (χ4n) is 4.25. The summed E-state index contributed by atoms with van der Waals surface area (Å²) in [5.41, 5.74) is 3.29. The van der Waals surface area contributed by atoms with Crippen molar-refractivity contribution in [3.05, 3.63) is 54.1 Å². The second-order valence-electron chi connectivity index (χ2n) is 9.57. The lowest BCUT2D eigenvalue weighted by atomic mass is 10.0. The van der Waals surface area contributed by atoms with E-state index in [1.807, 2.05) is 65.3 Å². The number of nitrogens with one attached hydrogen (secondary N) is 1. The average molecular weight is 432 g/mol. The van der Waals surface area contributed by atoms with Crippen LogP contribution in [0.25, 0.3) is 11.1 Å². The number of hydrogen-bond acceptors (Lipinski definition) is 3. The smallest absolute Gasteiger partial charge is 0.253 e. The van der Waals surface area contributed by atoms with Crippen LogP contribution in [-0.4, -0.2) is 53.7 Å². The van der Waals surface area contributed by atoms with E-state index in [4.69, 9.17) is 0 Å². The zero-order valence-electron chi connectivity index (χ0n) is 18.5. The number of benzene rings is 2. The molecule has 1 saturated heterocycles. The molecule has 3 aliphatic rings. The van der Waals surface area contributed by atoms with Crippen molar-refractivity contribution in [1.29, 1.82) is 0 Å². The van der Waals surface area contributed by atoms with E-state index < -0.39 is 0 Å². The number of hydrogen-bond donors (Lipinski definition) is 1. The van der Waals surface area contributed by atoms with Crippen LogP contribution in [0.4, 0.5) is 5.69 Å². The van der Waals surface area contributed by atoms with Crippen LogP contribution in [0.3, 0.4) is 0 Å². The molecule has 2 aliphatic carbocycles. The van der Waals surface area contributed by atoms with Gasteiger partial charge >= 0.3 is 0 Å². The maximum atomic E-state index is 13.0. The van der Waals surface area contributed by atoms with E-state index in [2.05, 4.69) is 5.32 Å². The summed E-state index contributed by atoms with van der Waals surface area (Å²) >= 11 is 0. The van der Waals surface area contributed by atoms with E-state index in [0.717, 1.165) is 42.5 Å². The van der Waals surface area contributed by atoms with Crippen LogP contribution >= 0.6 is 0 Å². The lowest BCUT2D eigenvalue weighted by Crippen LogP contribution is -2.52. The van der Waals surface area contributed by atoms with Crippen LogP contribution in [0, 0.1) is 11.3 Å². The molecule has 0 bridgehead atoms. The van der Waals surface area contributed by atoms with E-state index >= 15 is 0 Å². The maximum absolute atomic E-state index is 13.0. The molecule has 3 fully saturated rings. The van der Waals surface area contributed by atoms with E-state index in [0.29, 0.717) is 31.7 Å². The average Bonchev–Trinajstić information content (AvgIpc) is 3.75. The largest absolute Gasteiger partial charge is 0.339 e. The highest BCUT2D eigenvalue weighted by molar-refractivity contribution is 5.96. The molecular weight excluding hydrogens is 402 g/mol. The van der Waals surface area contributed by atoms with Gasteiger partial charge in [-0.2, -0.15) is 0 Å². The minimum absolute atomic E-state index is 0.00623. The van der Waals surface area contributed by atoms with Crippen molar-refractivity contribution in [2.45, 2.75) is 32.6 Å². The predicted molar refractivity (Wildman–Crippen MR) is 123 cm³/mol. The summed E-state index contributed by atoms with van der Waals surface area (Å²) in [6.07, 6.45) is 3.91. The van der Waals surface area contributed by atoms with Crippen molar-refractivity contribution < 1.29 is 14.4 Å². The molecule has 1 heterocycles. The Morgan fingerprint density at radius 3 is 2.16 bits per heavy atom. The first kappa shape index (κ1) is 20.7. The lowest BCUT2D eigenvalue weighted by molar-refractivity contribution is -0.137. The third-order valence-electron chi connectivity index (χ3n) is 6.91. The van der Waals surface area contributed by atoms with Crippen molar-refractivity contribution in [3.63, 3.8) is 0 Å². The van der Waals surface area contributed by atoms with Crippen molar-refractivity contribution >= 4 is 23.4 Å². The Labute approximate surface area is 188 Å². The van der Waals surface area contributed by atoms with E-state index in [1.165, 1.54) is 0 Å². The van der Waals surface area contributed by atoms with Crippen LogP contribution in [0.2, 0.25) is 0 Å². The number of anilines is 1. The number of carbonyl (C=O) groups excluding carboxylic acids is 3. The number of piperazine rings is 1. The first-order chi connectivity index (χ1) is 15.4. The zero-order chi connectivity index (χ0) is 22.3. The molecule has 0 aromatic heterocycles. The van der Waals surface area contributed by atoms with Gasteiger partial charge in [0, 0.05) is 48.8 Å². The Morgan fingerprint density at radius 1 is 0.875 bits per heavy atom. The highest BCUT2D eigenvalue weighted by Crippen LogP contribution is 2.46. The Kier molecular flexibility index (Phi) is 5.24. The molecule has 32 heavy (non-hydrogen) atoms. The summed E-state index contributed by atoms with van der Waals surface area (Å²) in [6, 6.07) is 15.4. The quantitative estimate of drug-likeness (QED) is 0.783. The van der Waals surface area contributed by atoms with Crippen molar-refractivity contribution in [2.75, 3.05) is 31.5 Å². The number of nitrogens with zero attached hydrogens (tertiary/aromatic N) is 2. The third-order valence-corrected chi connectivity index (χ3v) is 6.91. The predicted octanol–water partition coefficient (Wildman–Crippen LogP) is 3.79. The summed E-state index contributed by atoms with van der Waals surface area (Å²) in [5.74, 6) is 0.507. The number of rotatable bonds is 5. The van der Waals surface area contributed by atoms with Crippen molar-refractivity contribution in [3.8, 4) is 11.1 Å². The molecule has 5 rings (SSSR count). The van der Waals surface area contributed by atoms with Gasteiger partial charge < -0.3 is 15.1 Å². The molecule has 166 valence electrons. The fraction of sp³-hybridized carbons (Fsp3) is 0.423. The van der Waals surface area contributed by atoms with Crippen molar-refractivity contribution in [2.24, 2.45) is 11.3 Å². The Balaban J connectivity index is 1.21. The van der Waals surface area contributed by atoms with Gasteiger partial charge in [-0.15, -0.1) is 0 Å². The van der Waals surface area contributed by atoms with Gasteiger partial charge in [0.15, 0.2) is 0 Å². The van der Waals surface area contributed by atoms with Gasteiger partial charge in [-0.25, -0.2) is 0 Å². The molecule has 3 amide bonds. The molecule has 2 aromatic carbocycles. The van der Waals surface area contributed by atoms with Gasteiger partial charge in [-0.3, -0.25) is 14.4 Å². The Hall–Kier alpha value is -3.15. The van der Waals surface area contributed by atoms with E-state index in [-0.39, 0.29) is 29.1 Å². The monoisotopic (exact) mass is 431 g/mol. The highest BCUT2D eigenvalue weighted by atomic mass is 16.2. The maximum Gasteiger partial charge on any atom is 0.253 e. The standard InChI is InChI=1S/C26H29N3O3/c1-26(11-12-26)25(32)29-15-13-28(14-16-29)24(31)20-9-5-18(6-10-20)21-3-2-4-22(17-21)27-23(30)19-7-8-19/h2-6,9-10,17,19H,7-8,11-16H2,1H3,(H,27,30). The zero-order valence-corrected chi connectivity index (χ0v) is 18.5. The third kappa shape index (κ3) is 4.27. The second-order valence-corrected chi connectivity index (χ2v) is 9.57. The Morgan fingerprint density at radius 2 is 1.53 bits per heavy atom. The first-order valence-electron chi connectivity index (χ1n) is 11.5. The minimum Gasteiger partial charge on any atom is -0.339 e. The molecule has 2 aromatic rings. The van der Waals surface area contributed by atoms with Gasteiger partial charge in [-0.05, 0) is 61.1 Å². The number of amides is 3. The van der Waals surface area contributed by atoms with E-state index in [9.17, 15) is 14.4 Å². The van der Waals surface area contributed by atoms with Crippen molar-refractivity contribution in [1.82, 2.24) is 9.80 Å². The summed E-state index contributed by atoms with van der Waals surface area (Å²) in [4.78, 5) is 41.2. The topological polar surface area (TPSA) is 69.7 Å². The van der Waals surface area contributed by atoms with Gasteiger partial charge in [-0.1, -0.05) is 31.2 Å². The highest BCUT2D eigenvalue weighted by Gasteiger charge is 2.47. The van der Waals surface area contributed by atoms with Crippen LogP contribution in [0.5, 0.6) is 0 Å². The molecule has 6 heteroatoms. The van der Waals surface area contributed by atoms with Crippen LogP contribution in [0.1, 0.15) is 43.0 Å². The molecule has 1 aliphatic heterocycles. The lowest BCUT2D eigenvalue weighted by Gasteiger charge is -2.36. The summed E-state index contributed by atoms with van der Waals surface area (Å²) in [6.45, 7) is 4.40. The molecular formula is C26H29N3O3. The van der Waals surface area contributed by atoms with Gasteiger partial charge in [0.25, 0.3) is 5.91 Å². The first-order valence-corrected chi connectivity index (χ1v) is 11.5. The molecule has 0 atom stereocenters. The minimum atomic E-state index is -0.153. The molecule has 0 unspecified atom stereocenters. The molecule has 1 N–H and O–H groups in total. The van der Waals surface area contributed by atoms with Crippen LogP contribution < -0.4 is 5.32 Å². The summed E-state index contributed by atoms with van der Waals surface area (Å²) in [7, 11) is 0. The summed E-state index contributed by atoms with van der Waals surface area (Å²) in [5, 5.41) is 2.98. The van der Waals surface area contributed by atoms with Gasteiger partial charge in [0.1, 0.15) is 0 Å². The Bertz CT molecular complexity index is 1050. The van der Waals surface area contributed by atoms with Crippen LogP contribution in [-0.2, 0) is 9.59 Å². The molecule has 0 spiro atoms. The normalized spacial score (nSPS) is 19.4. The second kappa shape index (κ2) is 8.08. The SMILES string of the molecule is CC1(C(=O)N2CCN(C(=O)c3ccc(-c4cccc(NC(=O)C5CC5)c4)cc3)CC2)CC1. The van der Waals surface area contributed by atoms with Gasteiger partial charge in [0.2, 0.25) is 11.8 Å². The summed E-state index contributed by atoms with van der Waals surface area (Å²) < 4.78 is 0. The molecule has 2 saturated carbocycles. The molecule has 0 radical (unpaired) electrons. The number of carbonyl (C=O) groups is 3.